The Hall–Kier alpha value is -7.13. The van der Waals surface area contributed by atoms with Crippen LogP contribution >= 0.6 is 0 Å². The fourth-order valence-electron chi connectivity index (χ4n) is 8.82. The van der Waals surface area contributed by atoms with Gasteiger partial charge < -0.3 is 5.11 Å². The van der Waals surface area contributed by atoms with Crippen molar-refractivity contribution in [3.8, 4) is 89.7 Å². The van der Waals surface area contributed by atoms with Crippen molar-refractivity contribution in [3.63, 3.8) is 0 Å². The van der Waals surface area contributed by atoms with Gasteiger partial charge in [-0.05, 0) is 91.7 Å². The second kappa shape index (κ2) is 18.3. The van der Waals surface area contributed by atoms with E-state index < -0.39 is 26.0 Å². The molecule has 0 radical (unpaired) electrons. The van der Waals surface area contributed by atoms with Gasteiger partial charge >= 0.3 is 0 Å². The zero-order valence-electron chi connectivity index (χ0n) is 46.2. The van der Waals surface area contributed by atoms with Gasteiger partial charge in [-0.2, -0.15) is 0 Å². The van der Waals surface area contributed by atoms with Crippen molar-refractivity contribution in [2.24, 2.45) is 0 Å². The van der Waals surface area contributed by atoms with Gasteiger partial charge in [-0.3, -0.25) is 9.55 Å². The van der Waals surface area contributed by atoms with Crippen molar-refractivity contribution in [1.29, 1.82) is 0 Å². The third-order valence-corrected chi connectivity index (χ3v) is 12.1. The number of rotatable bonds is 8. The average molecular weight is 1060 g/mol. The number of phenolic OH excluding ortho intramolecular Hbond substituents is 1. The molecule has 0 bridgehead atoms. The molecule has 0 aliphatic heterocycles. The zero-order valence-corrected chi connectivity index (χ0v) is 39.4. The molecule has 10 rings (SSSR count). The number of pyridine rings is 1. The summed E-state index contributed by atoms with van der Waals surface area (Å²) in [6, 6.07) is 65.7. The number of hydrogen-bond donors (Lipinski definition) is 1. The van der Waals surface area contributed by atoms with Crippen molar-refractivity contribution < 1.29 is 38.5 Å². The van der Waals surface area contributed by atoms with E-state index in [2.05, 4.69) is 92.1 Å². The Morgan fingerprint density at radius 1 is 0.507 bits per heavy atom. The van der Waals surface area contributed by atoms with Crippen molar-refractivity contribution in [3.05, 3.63) is 218 Å². The minimum absolute atomic E-state index is 0. The standard InChI is InChI=1S/C62H52N3O.Pt/c1-61(2,3)49-31-29-42(30-32-49)45-33-34-63-55(38-45)48-36-46(41-19-10-7-11-20-41)35-47(37-48)50-26-18-27-56-59(50)64-60(51-25-16-17-28-58(51)66)65(56)57-40-52(43-21-12-8-13-22-43)54(62(4,5)6)39-53(57)44-23-14-9-15-24-44;/h7-36,38-40,66H,1-6H3;/q-1;/i1D3,2D3,3D3;. The summed E-state index contributed by atoms with van der Waals surface area (Å²) in [5.41, 5.74) is 10.4. The Balaban J connectivity index is 0.00000706. The molecule has 0 aliphatic rings. The summed E-state index contributed by atoms with van der Waals surface area (Å²) in [4.78, 5) is 10.3. The molecule has 0 fully saturated rings. The third-order valence-electron chi connectivity index (χ3n) is 12.1. The Bertz CT molecular complexity index is 3680. The maximum atomic E-state index is 11.7. The van der Waals surface area contributed by atoms with Crippen LogP contribution in [0.3, 0.4) is 0 Å². The SMILES string of the molecule is [2H]C([2H])([2H])C(c1ccc(-c2ccnc(-c3[c-]c(-c4cccc5c4nc(-c4ccccc4O)n5-c4cc(-c5ccccc5)c(C(C)(C)C)cc4-c4ccccc4)cc(-c4ccccc4)c3)c2)cc1)(C([2H])([2H])[2H])C([2H])([2H])[2H].[Pt]. The molecular weight excluding hydrogens is 998 g/mol. The van der Waals surface area contributed by atoms with Crippen molar-refractivity contribution >= 4 is 11.0 Å². The fraction of sp³-hybridized carbons (Fsp3) is 0.129. The Morgan fingerprint density at radius 3 is 1.76 bits per heavy atom. The van der Waals surface area contributed by atoms with Gasteiger partial charge in [0.25, 0.3) is 0 Å². The van der Waals surface area contributed by atoms with E-state index in [9.17, 15) is 5.11 Å². The number of fused-ring (bicyclic) bond motifs is 1. The van der Waals surface area contributed by atoms with Crippen LogP contribution in [0.4, 0.5) is 0 Å². The summed E-state index contributed by atoms with van der Waals surface area (Å²) in [7, 11) is 0. The molecule has 0 amide bonds. The Labute approximate surface area is 421 Å². The van der Waals surface area contributed by atoms with Crippen LogP contribution in [-0.4, -0.2) is 19.6 Å². The van der Waals surface area contributed by atoms with Gasteiger partial charge in [0.05, 0.1) is 22.3 Å². The Kier molecular flexibility index (Phi) is 9.58. The molecule has 5 heteroatoms. The van der Waals surface area contributed by atoms with E-state index in [4.69, 9.17) is 22.3 Å². The molecule has 0 saturated carbocycles. The van der Waals surface area contributed by atoms with Crippen LogP contribution in [0, 0.1) is 6.07 Å². The third kappa shape index (κ3) is 8.95. The van der Waals surface area contributed by atoms with Crippen LogP contribution in [-0.2, 0) is 31.9 Å². The number of hydrogen-bond acceptors (Lipinski definition) is 3. The van der Waals surface area contributed by atoms with Crippen LogP contribution in [0.1, 0.15) is 64.8 Å². The molecule has 67 heavy (non-hydrogen) atoms. The van der Waals surface area contributed by atoms with E-state index in [0.29, 0.717) is 39.3 Å². The summed E-state index contributed by atoms with van der Waals surface area (Å²) in [6.07, 6.45) is 1.65. The first-order valence-corrected chi connectivity index (χ1v) is 22.0. The first-order chi connectivity index (χ1) is 35.7. The van der Waals surface area contributed by atoms with Gasteiger partial charge in [-0.1, -0.05) is 204 Å². The van der Waals surface area contributed by atoms with Gasteiger partial charge in [-0.25, -0.2) is 4.98 Å². The van der Waals surface area contributed by atoms with Crippen molar-refractivity contribution in [1.82, 2.24) is 14.5 Å². The molecule has 2 heterocycles. The number of nitrogens with zero attached hydrogens (tertiary/aromatic N) is 3. The smallest absolute Gasteiger partial charge is 0.148 e. The van der Waals surface area contributed by atoms with Gasteiger partial charge in [0, 0.05) is 50.9 Å². The van der Waals surface area contributed by atoms with E-state index in [0.717, 1.165) is 55.7 Å². The number of imidazole rings is 1. The predicted molar refractivity (Wildman–Crippen MR) is 275 cm³/mol. The molecule has 2 aromatic heterocycles. The molecule has 10 aromatic rings. The number of aromatic nitrogens is 3. The Morgan fingerprint density at radius 2 is 1.10 bits per heavy atom. The number of benzene rings is 8. The fourth-order valence-corrected chi connectivity index (χ4v) is 8.82. The van der Waals surface area contributed by atoms with E-state index in [1.165, 1.54) is 17.7 Å². The normalized spacial score (nSPS) is 14.2. The molecule has 0 aliphatic carbocycles. The summed E-state index contributed by atoms with van der Waals surface area (Å²) < 4.78 is 76.1. The van der Waals surface area contributed by atoms with E-state index in [-0.39, 0.29) is 37.8 Å². The number of para-hydroxylation sites is 2. The molecule has 4 nitrogen and oxygen atoms in total. The molecule has 0 saturated heterocycles. The summed E-state index contributed by atoms with van der Waals surface area (Å²) in [5.74, 6) is 0.627. The molecule has 0 spiro atoms. The maximum Gasteiger partial charge on any atom is 0.148 e. The van der Waals surface area contributed by atoms with Crippen LogP contribution in [0.25, 0.3) is 95.0 Å². The topological polar surface area (TPSA) is 50.9 Å². The molecule has 8 aromatic carbocycles. The van der Waals surface area contributed by atoms with Crippen LogP contribution in [0.2, 0.25) is 0 Å². The molecule has 1 N–H and O–H groups in total. The monoisotopic (exact) mass is 1060 g/mol. The molecule has 0 unspecified atom stereocenters. The second-order valence-electron chi connectivity index (χ2n) is 17.7. The van der Waals surface area contributed by atoms with Crippen LogP contribution < -0.4 is 0 Å². The van der Waals surface area contributed by atoms with Gasteiger partial charge in [-0.15, -0.1) is 23.8 Å². The van der Waals surface area contributed by atoms with E-state index in [1.54, 1.807) is 36.5 Å². The maximum absolute atomic E-state index is 11.7. The van der Waals surface area contributed by atoms with Crippen LogP contribution in [0.5, 0.6) is 5.75 Å². The van der Waals surface area contributed by atoms with Gasteiger partial charge in [0.15, 0.2) is 0 Å². The van der Waals surface area contributed by atoms with E-state index in [1.807, 2.05) is 91.0 Å². The molecular formula is C62H52N3OPt-. The average Bonchev–Trinajstić information content (AvgIpc) is 3.96. The first-order valence-electron chi connectivity index (χ1n) is 26.5. The quantitative estimate of drug-likeness (QED) is 0.154. The first kappa shape index (κ1) is 35.1. The zero-order chi connectivity index (χ0) is 53.1. The van der Waals surface area contributed by atoms with Crippen LogP contribution in [0.15, 0.2) is 200 Å². The van der Waals surface area contributed by atoms with Gasteiger partial charge in [0.2, 0.25) is 0 Å². The number of phenols is 1. The molecule has 0 atom stereocenters. The van der Waals surface area contributed by atoms with Crippen molar-refractivity contribution in [2.75, 3.05) is 0 Å². The number of aromatic hydroxyl groups is 1. The summed E-state index contributed by atoms with van der Waals surface area (Å²) in [5, 5.41) is 11.7. The minimum Gasteiger partial charge on any atom is -0.507 e. The van der Waals surface area contributed by atoms with Crippen molar-refractivity contribution in [2.45, 2.75) is 52.2 Å². The largest absolute Gasteiger partial charge is 0.507 e. The van der Waals surface area contributed by atoms with E-state index >= 15 is 0 Å². The molecule has 332 valence electrons. The van der Waals surface area contributed by atoms with Gasteiger partial charge in [0.1, 0.15) is 11.6 Å². The predicted octanol–water partition coefficient (Wildman–Crippen LogP) is 16.2. The summed E-state index contributed by atoms with van der Waals surface area (Å²) in [6.45, 7) is -3.45. The summed E-state index contributed by atoms with van der Waals surface area (Å²) >= 11 is 0. The minimum atomic E-state index is -3.38. The second-order valence-corrected chi connectivity index (χ2v) is 17.7.